The van der Waals surface area contributed by atoms with Crippen molar-refractivity contribution in [1.82, 2.24) is 15.1 Å². The molecule has 0 spiro atoms. The Hall–Kier alpha value is -2.80. The van der Waals surface area contributed by atoms with Crippen LogP contribution in [0.4, 0.5) is 0 Å². The Morgan fingerprint density at radius 1 is 1.21 bits per heavy atom. The second-order valence-electron chi connectivity index (χ2n) is 6.53. The van der Waals surface area contributed by atoms with E-state index in [1.165, 1.54) is 0 Å². The Kier molecular flexibility index (Phi) is 5.32. The quantitative estimate of drug-likeness (QED) is 0.636. The van der Waals surface area contributed by atoms with Gasteiger partial charge in [0.05, 0.1) is 23.5 Å². The molecule has 1 aliphatic rings. The summed E-state index contributed by atoms with van der Waals surface area (Å²) in [5.74, 6) is -0.321. The van der Waals surface area contributed by atoms with Crippen LogP contribution in [-0.2, 0) is 6.54 Å². The molecule has 2 aromatic carbocycles. The number of nitrogens with zero attached hydrogens (tertiary/aromatic N) is 2. The average molecular weight is 430 g/mol. The third-order valence-electron chi connectivity index (χ3n) is 4.70. The monoisotopic (exact) mass is 429 g/mol. The molecule has 2 N–H and O–H groups in total. The van der Waals surface area contributed by atoms with Gasteiger partial charge in [-0.1, -0.05) is 35.3 Å². The summed E-state index contributed by atoms with van der Waals surface area (Å²) in [6, 6.07) is 12.7. The van der Waals surface area contributed by atoms with E-state index in [1.54, 1.807) is 30.0 Å². The van der Waals surface area contributed by atoms with E-state index in [0.717, 1.165) is 22.6 Å². The normalized spacial score (nSPS) is 14.7. The largest absolute Gasteiger partial charge is 0.497 e. The number of aromatic nitrogens is 2. The number of carboxylic acid groups (broad SMARTS) is 1. The smallest absolute Gasteiger partial charge is 0.356 e. The molecule has 1 aromatic heterocycles. The summed E-state index contributed by atoms with van der Waals surface area (Å²) in [6.45, 7) is 0.969. The Morgan fingerprint density at radius 2 is 1.97 bits per heavy atom. The minimum absolute atomic E-state index is 0.00107. The van der Waals surface area contributed by atoms with E-state index in [0.29, 0.717) is 34.4 Å². The van der Waals surface area contributed by atoms with Gasteiger partial charge in [-0.15, -0.1) is 0 Å². The first-order chi connectivity index (χ1) is 14.0. The lowest BCUT2D eigenvalue weighted by molar-refractivity contribution is 0.0688. The second-order valence-corrected chi connectivity index (χ2v) is 7.38. The third kappa shape index (κ3) is 3.74. The Labute approximate surface area is 177 Å². The maximum Gasteiger partial charge on any atom is 0.356 e. The van der Waals surface area contributed by atoms with Crippen LogP contribution in [0.1, 0.15) is 27.3 Å². The minimum atomic E-state index is -1.09. The molecular formula is C21H17Cl2N3O3. The summed E-state index contributed by atoms with van der Waals surface area (Å²) in [5.41, 5.74) is 3.78. The standard InChI is InChI=1S/C21H17Cl2N3O3/c1-29-15-5-2-12(3-6-15)8-13-10-24-11-16-19(21(27)28)25-26(20(13)16)18-7-4-14(22)9-17(18)23/h2-9,24H,10-11H2,1H3,(H,27,28). The molecule has 2 heterocycles. The van der Waals surface area contributed by atoms with Crippen molar-refractivity contribution in [2.45, 2.75) is 6.54 Å². The SMILES string of the molecule is COc1ccc(C=C2CNCc3c(C(=O)O)nn(-c4ccc(Cl)cc4Cl)c32)cc1. The third-order valence-corrected chi connectivity index (χ3v) is 5.24. The molecule has 6 nitrogen and oxygen atoms in total. The van der Waals surface area contributed by atoms with E-state index in [2.05, 4.69) is 10.4 Å². The van der Waals surface area contributed by atoms with Crippen LogP contribution < -0.4 is 10.1 Å². The molecule has 0 unspecified atom stereocenters. The van der Waals surface area contributed by atoms with Gasteiger partial charge in [0.25, 0.3) is 0 Å². The van der Waals surface area contributed by atoms with Crippen molar-refractivity contribution in [1.29, 1.82) is 0 Å². The zero-order valence-corrected chi connectivity index (χ0v) is 17.0. The van der Waals surface area contributed by atoms with Gasteiger partial charge in [-0.2, -0.15) is 5.10 Å². The van der Waals surface area contributed by atoms with E-state index in [1.807, 2.05) is 30.3 Å². The van der Waals surface area contributed by atoms with Gasteiger partial charge in [0.15, 0.2) is 5.69 Å². The number of aromatic carboxylic acids is 1. The van der Waals surface area contributed by atoms with Gasteiger partial charge in [0, 0.05) is 23.7 Å². The maximum absolute atomic E-state index is 11.8. The lowest BCUT2D eigenvalue weighted by Gasteiger charge is -2.20. The number of fused-ring (bicyclic) bond motifs is 1. The minimum Gasteiger partial charge on any atom is -0.497 e. The van der Waals surface area contributed by atoms with E-state index in [-0.39, 0.29) is 5.69 Å². The molecule has 29 heavy (non-hydrogen) atoms. The number of carboxylic acids is 1. The van der Waals surface area contributed by atoms with Crippen LogP contribution in [0.3, 0.4) is 0 Å². The van der Waals surface area contributed by atoms with Crippen LogP contribution >= 0.6 is 23.2 Å². The predicted octanol–water partition coefficient (Wildman–Crippen LogP) is 4.53. The molecule has 0 saturated heterocycles. The number of ether oxygens (including phenoxy) is 1. The Balaban J connectivity index is 1.90. The summed E-state index contributed by atoms with van der Waals surface area (Å²) >= 11 is 12.4. The van der Waals surface area contributed by atoms with E-state index in [4.69, 9.17) is 27.9 Å². The Bertz CT molecular complexity index is 1120. The van der Waals surface area contributed by atoms with Crippen molar-refractivity contribution in [2.75, 3.05) is 13.7 Å². The van der Waals surface area contributed by atoms with Crippen LogP contribution in [0.15, 0.2) is 42.5 Å². The van der Waals surface area contributed by atoms with Crippen LogP contribution in [0.5, 0.6) is 5.75 Å². The maximum atomic E-state index is 11.8. The van der Waals surface area contributed by atoms with Crippen LogP contribution in [0, 0.1) is 0 Å². The number of hydrogen-bond acceptors (Lipinski definition) is 4. The molecule has 8 heteroatoms. The second kappa shape index (κ2) is 7.91. The van der Waals surface area contributed by atoms with Crippen molar-refractivity contribution < 1.29 is 14.6 Å². The molecule has 0 aliphatic carbocycles. The Morgan fingerprint density at radius 3 is 2.62 bits per heavy atom. The molecule has 0 bridgehead atoms. The molecule has 0 radical (unpaired) electrons. The molecule has 0 atom stereocenters. The first-order valence-electron chi connectivity index (χ1n) is 8.84. The van der Waals surface area contributed by atoms with Gasteiger partial charge in [-0.25, -0.2) is 9.48 Å². The number of nitrogens with one attached hydrogen (secondary N) is 1. The fourth-order valence-electron chi connectivity index (χ4n) is 3.37. The topological polar surface area (TPSA) is 76.4 Å². The summed E-state index contributed by atoms with van der Waals surface area (Å²) in [4.78, 5) is 11.8. The zero-order chi connectivity index (χ0) is 20.5. The number of methoxy groups -OCH3 is 1. The average Bonchev–Trinajstić information content (AvgIpc) is 3.09. The lowest BCUT2D eigenvalue weighted by atomic mass is 9.99. The molecule has 4 rings (SSSR count). The summed E-state index contributed by atoms with van der Waals surface area (Å²) in [7, 11) is 1.62. The number of benzene rings is 2. The first-order valence-corrected chi connectivity index (χ1v) is 9.60. The number of rotatable bonds is 4. The van der Waals surface area contributed by atoms with Crippen LogP contribution in [0.2, 0.25) is 10.0 Å². The van der Waals surface area contributed by atoms with Gasteiger partial charge in [0.1, 0.15) is 5.75 Å². The van der Waals surface area contributed by atoms with E-state index < -0.39 is 5.97 Å². The highest BCUT2D eigenvalue weighted by molar-refractivity contribution is 6.35. The lowest BCUT2D eigenvalue weighted by Crippen LogP contribution is -2.24. The van der Waals surface area contributed by atoms with Crippen molar-refractivity contribution >= 4 is 40.8 Å². The molecule has 3 aromatic rings. The highest BCUT2D eigenvalue weighted by Gasteiger charge is 2.28. The number of halogens is 2. The zero-order valence-electron chi connectivity index (χ0n) is 15.4. The van der Waals surface area contributed by atoms with Crippen molar-refractivity contribution in [3.63, 3.8) is 0 Å². The first kappa shape index (κ1) is 19.5. The van der Waals surface area contributed by atoms with Gasteiger partial charge >= 0.3 is 5.97 Å². The van der Waals surface area contributed by atoms with Crippen LogP contribution in [0.25, 0.3) is 17.3 Å². The fourth-order valence-corrected chi connectivity index (χ4v) is 3.86. The van der Waals surface area contributed by atoms with E-state index in [9.17, 15) is 9.90 Å². The molecule has 148 valence electrons. The molecule has 0 saturated carbocycles. The highest BCUT2D eigenvalue weighted by atomic mass is 35.5. The van der Waals surface area contributed by atoms with E-state index >= 15 is 0 Å². The summed E-state index contributed by atoms with van der Waals surface area (Å²) < 4.78 is 6.80. The van der Waals surface area contributed by atoms with Crippen molar-refractivity contribution in [3.8, 4) is 11.4 Å². The van der Waals surface area contributed by atoms with Crippen LogP contribution in [-0.4, -0.2) is 34.5 Å². The van der Waals surface area contributed by atoms with Crippen molar-refractivity contribution in [2.24, 2.45) is 0 Å². The highest BCUT2D eigenvalue weighted by Crippen LogP contribution is 2.33. The number of hydrogen-bond donors (Lipinski definition) is 2. The van der Waals surface area contributed by atoms with Gasteiger partial charge < -0.3 is 15.2 Å². The molecular weight excluding hydrogens is 413 g/mol. The fraction of sp³-hybridized carbons (Fsp3) is 0.143. The number of carbonyl (C=O) groups is 1. The van der Waals surface area contributed by atoms with Gasteiger partial charge in [0.2, 0.25) is 0 Å². The van der Waals surface area contributed by atoms with Crippen molar-refractivity contribution in [3.05, 3.63) is 75.0 Å². The summed E-state index contributed by atoms with van der Waals surface area (Å²) in [6.07, 6.45) is 2.00. The molecule has 1 aliphatic heterocycles. The molecule has 0 amide bonds. The summed E-state index contributed by atoms with van der Waals surface area (Å²) in [5, 5.41) is 18.2. The predicted molar refractivity (Wildman–Crippen MR) is 113 cm³/mol. The van der Waals surface area contributed by atoms with Gasteiger partial charge in [-0.3, -0.25) is 0 Å². The van der Waals surface area contributed by atoms with Gasteiger partial charge in [-0.05, 0) is 47.5 Å². The molecule has 0 fully saturated rings.